The molecule has 0 unspecified atom stereocenters. The Morgan fingerprint density at radius 2 is 1.78 bits per heavy atom. The molecule has 0 radical (unpaired) electrons. The molecule has 2 aromatic carbocycles. The molecule has 3 N–H and O–H groups in total. The van der Waals surface area contributed by atoms with Crippen molar-refractivity contribution in [3.8, 4) is 17.0 Å². The first-order valence-electron chi connectivity index (χ1n) is 6.84. The highest BCUT2D eigenvalue weighted by Gasteiger charge is 2.10. The topological polar surface area (TPSA) is 95.3 Å². The van der Waals surface area contributed by atoms with Gasteiger partial charge in [0.2, 0.25) is 0 Å². The molecule has 114 valence electrons. The number of nitrogens with one attached hydrogen (secondary N) is 1. The summed E-state index contributed by atoms with van der Waals surface area (Å²) in [6.07, 6.45) is 1.43. The Bertz CT molecular complexity index is 851. The predicted molar refractivity (Wildman–Crippen MR) is 85.8 cm³/mol. The lowest BCUT2D eigenvalue weighted by Crippen LogP contribution is -2.00. The second-order valence-electron chi connectivity index (χ2n) is 4.82. The quantitative estimate of drug-likeness (QED) is 0.640. The smallest absolute Gasteiger partial charge is 0.339 e. The van der Waals surface area contributed by atoms with Gasteiger partial charge in [-0.3, -0.25) is 0 Å². The largest absolute Gasteiger partial charge is 0.507 e. The van der Waals surface area contributed by atoms with Crippen LogP contribution < -0.4 is 5.32 Å². The summed E-state index contributed by atoms with van der Waals surface area (Å²) in [7, 11) is 0. The first kappa shape index (κ1) is 14.5. The number of aromatic carboxylic acids is 1. The summed E-state index contributed by atoms with van der Waals surface area (Å²) in [5, 5.41) is 21.6. The highest BCUT2D eigenvalue weighted by molar-refractivity contribution is 5.92. The molecule has 3 aromatic rings. The van der Waals surface area contributed by atoms with E-state index in [4.69, 9.17) is 5.11 Å². The average Bonchev–Trinajstić information content (AvgIpc) is 2.57. The fourth-order valence-corrected chi connectivity index (χ4v) is 2.13. The minimum atomic E-state index is -1.20. The second kappa shape index (κ2) is 6.15. The van der Waals surface area contributed by atoms with Gasteiger partial charge in [-0.1, -0.05) is 30.3 Å². The molecule has 0 aliphatic heterocycles. The predicted octanol–water partition coefficient (Wildman–Crippen LogP) is 3.29. The van der Waals surface area contributed by atoms with Gasteiger partial charge in [0.05, 0.1) is 5.69 Å². The van der Waals surface area contributed by atoms with Gasteiger partial charge in [-0.05, 0) is 18.2 Å². The highest BCUT2D eigenvalue weighted by atomic mass is 16.4. The van der Waals surface area contributed by atoms with E-state index in [9.17, 15) is 9.90 Å². The van der Waals surface area contributed by atoms with E-state index in [2.05, 4.69) is 15.3 Å². The number of rotatable bonds is 4. The molecule has 1 aromatic heterocycles. The number of nitrogens with zero attached hydrogens (tertiary/aromatic N) is 2. The number of carboxylic acid groups (broad SMARTS) is 1. The third kappa shape index (κ3) is 3.26. The average molecular weight is 307 g/mol. The Balaban J connectivity index is 1.89. The van der Waals surface area contributed by atoms with E-state index in [0.29, 0.717) is 11.5 Å². The molecule has 1 heterocycles. The summed E-state index contributed by atoms with van der Waals surface area (Å²) in [5.74, 6) is -0.949. The maximum atomic E-state index is 11.1. The van der Waals surface area contributed by atoms with Crippen LogP contribution in [0.4, 0.5) is 11.5 Å². The monoisotopic (exact) mass is 307 g/mol. The fourth-order valence-electron chi connectivity index (χ4n) is 2.13. The number of benzene rings is 2. The standard InChI is InChI=1S/C17H13N3O3/c21-15-7-6-12(8-13(15)17(22)23)20-16-9-14(18-10-19-16)11-4-2-1-3-5-11/h1-10,21H,(H,22,23)(H,18,19,20). The molecule has 0 saturated heterocycles. The number of carbonyl (C=O) groups is 1. The zero-order valence-corrected chi connectivity index (χ0v) is 12.0. The number of phenols is 1. The first-order valence-corrected chi connectivity index (χ1v) is 6.84. The van der Waals surface area contributed by atoms with E-state index < -0.39 is 5.97 Å². The summed E-state index contributed by atoms with van der Waals surface area (Å²) in [4.78, 5) is 19.4. The highest BCUT2D eigenvalue weighted by Crippen LogP contribution is 2.25. The lowest BCUT2D eigenvalue weighted by molar-refractivity contribution is 0.0694. The van der Waals surface area contributed by atoms with E-state index in [0.717, 1.165) is 11.3 Å². The van der Waals surface area contributed by atoms with Crippen molar-refractivity contribution >= 4 is 17.5 Å². The van der Waals surface area contributed by atoms with E-state index in [1.54, 1.807) is 12.1 Å². The Morgan fingerprint density at radius 3 is 2.52 bits per heavy atom. The summed E-state index contributed by atoms with van der Waals surface area (Å²) in [6, 6.07) is 15.7. The Morgan fingerprint density at radius 1 is 1.00 bits per heavy atom. The van der Waals surface area contributed by atoms with Crippen molar-refractivity contribution < 1.29 is 15.0 Å². The van der Waals surface area contributed by atoms with Crippen molar-refractivity contribution in [2.45, 2.75) is 0 Å². The molecule has 3 rings (SSSR count). The zero-order valence-electron chi connectivity index (χ0n) is 12.0. The minimum absolute atomic E-state index is 0.174. The molecule has 6 heteroatoms. The maximum Gasteiger partial charge on any atom is 0.339 e. The van der Waals surface area contributed by atoms with Crippen molar-refractivity contribution in [3.63, 3.8) is 0 Å². The molecule has 0 amide bonds. The lowest BCUT2D eigenvalue weighted by Gasteiger charge is -2.08. The molecule has 23 heavy (non-hydrogen) atoms. The van der Waals surface area contributed by atoms with Crippen LogP contribution in [-0.2, 0) is 0 Å². The van der Waals surface area contributed by atoms with E-state index in [1.165, 1.54) is 18.5 Å². The van der Waals surface area contributed by atoms with E-state index >= 15 is 0 Å². The van der Waals surface area contributed by atoms with Crippen LogP contribution in [0.5, 0.6) is 5.75 Å². The number of carboxylic acids is 1. The molecule has 0 aliphatic rings. The van der Waals surface area contributed by atoms with E-state index in [-0.39, 0.29) is 11.3 Å². The van der Waals surface area contributed by atoms with Crippen LogP contribution >= 0.6 is 0 Å². The summed E-state index contributed by atoms with van der Waals surface area (Å²) in [6.45, 7) is 0. The van der Waals surface area contributed by atoms with Gasteiger partial charge in [0.25, 0.3) is 0 Å². The normalized spacial score (nSPS) is 10.3. The number of hydrogen-bond donors (Lipinski definition) is 3. The van der Waals surface area contributed by atoms with Crippen molar-refractivity contribution in [1.29, 1.82) is 0 Å². The number of aromatic hydroxyl groups is 1. The number of anilines is 2. The molecule has 0 saturated carbocycles. The van der Waals surface area contributed by atoms with Crippen LogP contribution in [0, 0.1) is 0 Å². The number of aromatic nitrogens is 2. The summed E-state index contributed by atoms with van der Waals surface area (Å²) in [5.41, 5.74) is 2.04. The minimum Gasteiger partial charge on any atom is -0.507 e. The molecule has 6 nitrogen and oxygen atoms in total. The van der Waals surface area contributed by atoms with Crippen molar-refractivity contribution in [2.24, 2.45) is 0 Å². The Kier molecular flexibility index (Phi) is 3.88. The second-order valence-corrected chi connectivity index (χ2v) is 4.82. The van der Waals surface area contributed by atoms with Gasteiger partial charge in [-0.2, -0.15) is 0 Å². The molecule has 0 spiro atoms. The molecular weight excluding hydrogens is 294 g/mol. The number of hydrogen-bond acceptors (Lipinski definition) is 5. The Labute approximate surface area is 132 Å². The van der Waals surface area contributed by atoms with Gasteiger partial charge in [0.1, 0.15) is 23.5 Å². The molecule has 0 fully saturated rings. The van der Waals surface area contributed by atoms with Crippen LogP contribution in [-0.4, -0.2) is 26.2 Å². The van der Waals surface area contributed by atoms with E-state index in [1.807, 2.05) is 30.3 Å². The zero-order chi connectivity index (χ0) is 16.2. The molecule has 0 atom stereocenters. The van der Waals surface area contributed by atoms with Crippen LogP contribution in [0.25, 0.3) is 11.3 Å². The van der Waals surface area contributed by atoms with Crippen molar-refractivity contribution in [2.75, 3.05) is 5.32 Å². The van der Waals surface area contributed by atoms with Crippen LogP contribution in [0.3, 0.4) is 0 Å². The van der Waals surface area contributed by atoms with Crippen molar-refractivity contribution in [1.82, 2.24) is 9.97 Å². The molecule has 0 aliphatic carbocycles. The van der Waals surface area contributed by atoms with Crippen LogP contribution in [0.2, 0.25) is 0 Å². The van der Waals surface area contributed by atoms with Gasteiger partial charge in [-0.25, -0.2) is 14.8 Å². The summed E-state index contributed by atoms with van der Waals surface area (Å²) >= 11 is 0. The third-order valence-corrected chi connectivity index (χ3v) is 3.24. The first-order chi connectivity index (χ1) is 11.1. The summed E-state index contributed by atoms with van der Waals surface area (Å²) < 4.78 is 0. The molecular formula is C17H13N3O3. The Hall–Kier alpha value is -3.41. The third-order valence-electron chi connectivity index (χ3n) is 3.24. The van der Waals surface area contributed by atoms with Crippen LogP contribution in [0.15, 0.2) is 60.9 Å². The lowest BCUT2D eigenvalue weighted by atomic mass is 10.1. The fraction of sp³-hybridized carbons (Fsp3) is 0. The van der Waals surface area contributed by atoms with Crippen molar-refractivity contribution in [3.05, 3.63) is 66.5 Å². The molecule has 0 bridgehead atoms. The maximum absolute atomic E-state index is 11.1. The van der Waals surface area contributed by atoms with Gasteiger partial charge < -0.3 is 15.5 Å². The van der Waals surface area contributed by atoms with Gasteiger partial charge in [0, 0.05) is 17.3 Å². The van der Waals surface area contributed by atoms with Gasteiger partial charge >= 0.3 is 5.97 Å². The van der Waals surface area contributed by atoms with Crippen LogP contribution in [0.1, 0.15) is 10.4 Å². The SMILES string of the molecule is O=C(O)c1cc(Nc2cc(-c3ccccc3)ncn2)ccc1O. The van der Waals surface area contributed by atoms with Gasteiger partial charge in [0.15, 0.2) is 0 Å². The van der Waals surface area contributed by atoms with Gasteiger partial charge in [-0.15, -0.1) is 0 Å².